The fourth-order valence-electron chi connectivity index (χ4n) is 2.12. The van der Waals surface area contributed by atoms with Gasteiger partial charge in [0.2, 0.25) is 5.95 Å². The molecule has 3 heterocycles. The molecule has 0 radical (unpaired) electrons. The highest BCUT2D eigenvalue weighted by Crippen LogP contribution is 2.21. The molecule has 0 bridgehead atoms. The van der Waals surface area contributed by atoms with Crippen molar-refractivity contribution in [2.45, 2.75) is 19.5 Å². The maximum absolute atomic E-state index is 9.24. The maximum Gasteiger partial charge on any atom is 0.225 e. The van der Waals surface area contributed by atoms with E-state index < -0.39 is 0 Å². The molecule has 0 saturated carbocycles. The zero-order valence-electron chi connectivity index (χ0n) is 13.3. The van der Waals surface area contributed by atoms with E-state index in [4.69, 9.17) is 0 Å². The molecule has 0 aromatic carbocycles. The average molecular weight is 341 g/mol. The minimum absolute atomic E-state index is 0.0123. The van der Waals surface area contributed by atoms with E-state index in [0.29, 0.717) is 12.5 Å². The molecule has 7 heteroatoms. The first-order chi connectivity index (χ1) is 11.7. The van der Waals surface area contributed by atoms with Gasteiger partial charge in [0.25, 0.3) is 0 Å². The van der Waals surface area contributed by atoms with E-state index in [1.165, 1.54) is 4.88 Å². The number of pyridine rings is 1. The number of aliphatic hydroxyl groups is 1. The van der Waals surface area contributed by atoms with Crippen LogP contribution in [0.2, 0.25) is 0 Å². The van der Waals surface area contributed by atoms with Crippen LogP contribution in [0.15, 0.2) is 48.1 Å². The number of hydrogen-bond donors (Lipinski definition) is 3. The van der Waals surface area contributed by atoms with Crippen molar-refractivity contribution < 1.29 is 5.11 Å². The van der Waals surface area contributed by atoms with E-state index in [0.717, 1.165) is 17.1 Å². The van der Waals surface area contributed by atoms with Gasteiger partial charge in [-0.15, -0.1) is 11.3 Å². The molecule has 24 heavy (non-hydrogen) atoms. The summed E-state index contributed by atoms with van der Waals surface area (Å²) in [5, 5.41) is 17.7. The Balaban J connectivity index is 1.87. The minimum Gasteiger partial charge on any atom is -0.394 e. The van der Waals surface area contributed by atoms with E-state index in [1.807, 2.05) is 36.6 Å². The van der Waals surface area contributed by atoms with E-state index in [1.54, 1.807) is 23.7 Å². The highest BCUT2D eigenvalue weighted by atomic mass is 32.1. The molecule has 0 amide bonds. The summed E-state index contributed by atoms with van der Waals surface area (Å²) in [6.45, 7) is 2.59. The summed E-state index contributed by atoms with van der Waals surface area (Å²) in [6, 6.07) is 9.71. The van der Waals surface area contributed by atoms with Gasteiger partial charge < -0.3 is 15.7 Å². The molecule has 3 N–H and O–H groups in total. The summed E-state index contributed by atoms with van der Waals surface area (Å²) in [6.07, 6.45) is 3.50. The number of thiophene rings is 1. The number of aromatic nitrogens is 3. The van der Waals surface area contributed by atoms with Crippen molar-refractivity contribution in [3.63, 3.8) is 0 Å². The molecule has 0 spiro atoms. The van der Waals surface area contributed by atoms with Gasteiger partial charge >= 0.3 is 0 Å². The molecule has 3 aromatic rings. The Bertz CT molecular complexity index is 764. The lowest BCUT2D eigenvalue weighted by Crippen LogP contribution is -2.21. The first-order valence-corrected chi connectivity index (χ1v) is 8.55. The quantitative estimate of drug-likeness (QED) is 0.613. The lowest BCUT2D eigenvalue weighted by molar-refractivity contribution is 0.281. The molecule has 0 aliphatic heterocycles. The number of hydrogen-bond acceptors (Lipinski definition) is 7. The van der Waals surface area contributed by atoms with Crippen molar-refractivity contribution in [1.29, 1.82) is 0 Å². The Kier molecular flexibility index (Phi) is 5.35. The largest absolute Gasteiger partial charge is 0.394 e. The van der Waals surface area contributed by atoms with Crippen LogP contribution in [0, 0.1) is 0 Å². The molecule has 6 nitrogen and oxygen atoms in total. The molecule has 3 aromatic heterocycles. The van der Waals surface area contributed by atoms with Crippen LogP contribution in [0.5, 0.6) is 0 Å². The van der Waals surface area contributed by atoms with Gasteiger partial charge in [0.05, 0.1) is 18.8 Å². The van der Waals surface area contributed by atoms with Crippen LogP contribution < -0.4 is 10.6 Å². The highest BCUT2D eigenvalue weighted by molar-refractivity contribution is 7.09. The Morgan fingerprint density at radius 1 is 1.25 bits per heavy atom. The molecular formula is C17H19N5OS. The highest BCUT2D eigenvalue weighted by Gasteiger charge is 2.09. The van der Waals surface area contributed by atoms with Crippen LogP contribution in [0.4, 0.5) is 11.8 Å². The summed E-state index contributed by atoms with van der Waals surface area (Å²) >= 11 is 1.70. The van der Waals surface area contributed by atoms with Crippen molar-refractivity contribution in [3.8, 4) is 11.3 Å². The zero-order valence-corrected chi connectivity index (χ0v) is 14.1. The normalized spacial score (nSPS) is 11.9. The topological polar surface area (TPSA) is 83.0 Å². The van der Waals surface area contributed by atoms with Crippen molar-refractivity contribution in [2.75, 3.05) is 17.2 Å². The third kappa shape index (κ3) is 4.27. The Hall–Kier alpha value is -2.51. The molecular weight excluding hydrogens is 322 g/mol. The fraction of sp³-hybridized carbons (Fsp3) is 0.235. The van der Waals surface area contributed by atoms with Crippen LogP contribution in [-0.2, 0) is 6.54 Å². The summed E-state index contributed by atoms with van der Waals surface area (Å²) < 4.78 is 0. The van der Waals surface area contributed by atoms with Crippen LogP contribution in [0.1, 0.15) is 11.8 Å². The van der Waals surface area contributed by atoms with Gasteiger partial charge in [-0.2, -0.15) is 4.98 Å². The Morgan fingerprint density at radius 2 is 2.17 bits per heavy atom. The number of anilines is 2. The van der Waals surface area contributed by atoms with Gasteiger partial charge in [-0.25, -0.2) is 4.98 Å². The molecule has 0 saturated heterocycles. The summed E-state index contributed by atoms with van der Waals surface area (Å²) in [4.78, 5) is 14.4. The molecule has 0 aliphatic carbocycles. The molecule has 1 atom stereocenters. The van der Waals surface area contributed by atoms with E-state index in [-0.39, 0.29) is 12.6 Å². The molecule has 3 rings (SSSR count). The fourth-order valence-corrected chi connectivity index (χ4v) is 2.77. The SMILES string of the molecule is C[C@@H](CO)Nc1nc(NCc2cccs2)cc(-c2cccnc2)n1. The smallest absolute Gasteiger partial charge is 0.225 e. The van der Waals surface area contributed by atoms with Crippen molar-refractivity contribution >= 4 is 23.1 Å². The molecule has 124 valence electrons. The van der Waals surface area contributed by atoms with Crippen LogP contribution >= 0.6 is 11.3 Å². The molecule has 0 unspecified atom stereocenters. The van der Waals surface area contributed by atoms with Crippen molar-refractivity contribution in [2.24, 2.45) is 0 Å². The van der Waals surface area contributed by atoms with Crippen LogP contribution in [0.25, 0.3) is 11.3 Å². The number of nitrogens with one attached hydrogen (secondary N) is 2. The predicted octanol–water partition coefficient (Wildman–Crippen LogP) is 3.00. The minimum atomic E-state index is -0.126. The van der Waals surface area contributed by atoms with Gasteiger partial charge in [0.15, 0.2) is 0 Å². The third-order valence-electron chi connectivity index (χ3n) is 3.36. The van der Waals surface area contributed by atoms with Gasteiger partial charge in [-0.05, 0) is 30.5 Å². The zero-order chi connectivity index (χ0) is 16.8. The van der Waals surface area contributed by atoms with Crippen molar-refractivity contribution in [3.05, 3.63) is 53.0 Å². The summed E-state index contributed by atoms with van der Waals surface area (Å²) in [5.74, 6) is 1.21. The summed E-state index contributed by atoms with van der Waals surface area (Å²) in [7, 11) is 0. The third-order valence-corrected chi connectivity index (χ3v) is 4.23. The lowest BCUT2D eigenvalue weighted by Gasteiger charge is -2.14. The maximum atomic E-state index is 9.24. The van der Waals surface area contributed by atoms with Crippen molar-refractivity contribution in [1.82, 2.24) is 15.0 Å². The second kappa shape index (κ2) is 7.85. The standard InChI is InChI=1S/C17H19N5OS/c1-12(11-23)20-17-21-15(13-4-2-6-18-9-13)8-16(22-17)19-10-14-5-3-7-24-14/h2-9,12,23H,10-11H2,1H3,(H2,19,20,21,22)/t12-/m0/s1. The number of aliphatic hydroxyl groups excluding tert-OH is 1. The first-order valence-electron chi connectivity index (χ1n) is 7.67. The number of nitrogens with zero attached hydrogens (tertiary/aromatic N) is 3. The summed E-state index contributed by atoms with van der Waals surface area (Å²) in [5.41, 5.74) is 1.69. The van der Waals surface area contributed by atoms with Crippen LogP contribution in [-0.4, -0.2) is 32.7 Å². The van der Waals surface area contributed by atoms with E-state index in [9.17, 15) is 5.11 Å². The molecule has 0 fully saturated rings. The second-order valence-corrected chi connectivity index (χ2v) is 6.40. The second-order valence-electron chi connectivity index (χ2n) is 5.36. The van der Waals surface area contributed by atoms with Gasteiger partial charge in [0, 0.05) is 34.9 Å². The van der Waals surface area contributed by atoms with Gasteiger partial charge in [-0.3, -0.25) is 4.98 Å². The van der Waals surface area contributed by atoms with Crippen LogP contribution in [0.3, 0.4) is 0 Å². The lowest BCUT2D eigenvalue weighted by atomic mass is 10.2. The average Bonchev–Trinajstić information content (AvgIpc) is 3.14. The predicted molar refractivity (Wildman–Crippen MR) is 97.1 cm³/mol. The Morgan fingerprint density at radius 3 is 2.88 bits per heavy atom. The Labute approximate surface area is 144 Å². The first kappa shape index (κ1) is 16.4. The monoisotopic (exact) mass is 341 g/mol. The van der Waals surface area contributed by atoms with E-state index >= 15 is 0 Å². The van der Waals surface area contributed by atoms with Gasteiger partial charge in [-0.1, -0.05) is 6.07 Å². The van der Waals surface area contributed by atoms with Gasteiger partial charge in [0.1, 0.15) is 5.82 Å². The van der Waals surface area contributed by atoms with E-state index in [2.05, 4.69) is 31.7 Å². The molecule has 0 aliphatic rings. The number of rotatable bonds is 7.